The van der Waals surface area contributed by atoms with Crippen LogP contribution >= 0.6 is 0 Å². The number of benzene rings is 1. The molecule has 0 amide bonds. The SMILES string of the molecule is CCOC(=O)COc1cc([C]2([Ag])C=NN=N2)ccc1O. The molecule has 1 unspecified atom stereocenters. The average Bonchev–Trinajstić information content (AvgIpc) is 2.86. The Bertz CT molecular complexity index is 562. The van der Waals surface area contributed by atoms with Crippen molar-refractivity contribution in [3.8, 4) is 11.5 Å². The van der Waals surface area contributed by atoms with Crippen LogP contribution in [0.15, 0.2) is 33.6 Å². The molecular formula is C12H12AgN3O4. The molecule has 0 spiro atoms. The molecule has 0 aromatic heterocycles. The van der Waals surface area contributed by atoms with Crippen LogP contribution in [-0.2, 0) is 34.4 Å². The van der Waals surface area contributed by atoms with Crippen LogP contribution < -0.4 is 4.74 Å². The molecule has 8 heteroatoms. The van der Waals surface area contributed by atoms with Gasteiger partial charge in [0.15, 0.2) is 0 Å². The molecule has 1 N–H and O–H groups in total. The first-order valence-corrected chi connectivity index (χ1v) is 6.52. The molecule has 1 aliphatic heterocycles. The Morgan fingerprint density at radius 3 is 2.95 bits per heavy atom. The molecule has 0 aliphatic carbocycles. The van der Waals surface area contributed by atoms with Gasteiger partial charge in [0.25, 0.3) is 0 Å². The zero-order valence-electron chi connectivity index (χ0n) is 10.5. The molecule has 7 nitrogen and oxygen atoms in total. The van der Waals surface area contributed by atoms with Gasteiger partial charge in [-0.3, -0.25) is 0 Å². The summed E-state index contributed by atoms with van der Waals surface area (Å²) >= 11 is 3.40. The molecule has 1 aromatic rings. The van der Waals surface area contributed by atoms with Gasteiger partial charge >= 0.3 is 127 Å². The summed E-state index contributed by atoms with van der Waals surface area (Å²) in [4.78, 5) is 11.2. The minimum absolute atomic E-state index is 0.0827. The number of phenolic OH excluding ortho intramolecular Hbond substituents is 1. The van der Waals surface area contributed by atoms with Crippen LogP contribution in [0.2, 0.25) is 0 Å². The van der Waals surface area contributed by atoms with Gasteiger partial charge in [-0.2, -0.15) is 0 Å². The van der Waals surface area contributed by atoms with Crippen molar-refractivity contribution in [2.75, 3.05) is 13.2 Å². The number of hydrogen-bond donors (Lipinski definition) is 1. The molecule has 2 rings (SSSR count). The molecule has 1 aliphatic rings. The predicted molar refractivity (Wildman–Crippen MR) is 65.3 cm³/mol. The van der Waals surface area contributed by atoms with Crippen LogP contribution in [0.5, 0.6) is 11.5 Å². The van der Waals surface area contributed by atoms with Crippen molar-refractivity contribution in [3.05, 3.63) is 23.8 Å². The fourth-order valence-electron chi connectivity index (χ4n) is 1.52. The quantitative estimate of drug-likeness (QED) is 0.628. The van der Waals surface area contributed by atoms with Crippen molar-refractivity contribution < 1.29 is 40.4 Å². The molecule has 0 fully saturated rings. The molecular weight excluding hydrogens is 358 g/mol. The number of carbonyl (C=O) groups excluding carboxylic acids is 1. The molecule has 0 saturated heterocycles. The number of nitrogens with zero attached hydrogens (tertiary/aromatic N) is 3. The molecule has 0 radical (unpaired) electrons. The van der Waals surface area contributed by atoms with E-state index in [-0.39, 0.29) is 24.7 Å². The summed E-state index contributed by atoms with van der Waals surface area (Å²) in [6.45, 7) is 1.69. The summed E-state index contributed by atoms with van der Waals surface area (Å²) in [6.07, 6.45) is 1.51. The zero-order chi connectivity index (χ0) is 14.6. The minimum atomic E-state index is -0.875. The van der Waals surface area contributed by atoms with Gasteiger partial charge < -0.3 is 0 Å². The second kappa shape index (κ2) is 6.17. The topological polar surface area (TPSA) is 92.8 Å². The Hall–Kier alpha value is -1.70. The molecule has 0 saturated carbocycles. The third kappa shape index (κ3) is 3.24. The summed E-state index contributed by atoms with van der Waals surface area (Å²) in [5.74, 6) is -0.432. The van der Waals surface area contributed by atoms with Crippen LogP contribution in [-0.4, -0.2) is 30.5 Å². The number of carbonyl (C=O) groups is 1. The van der Waals surface area contributed by atoms with E-state index >= 15 is 0 Å². The molecule has 0 bridgehead atoms. The first-order chi connectivity index (χ1) is 9.55. The van der Waals surface area contributed by atoms with Crippen molar-refractivity contribution in [1.29, 1.82) is 0 Å². The van der Waals surface area contributed by atoms with Crippen LogP contribution in [0.25, 0.3) is 0 Å². The Balaban J connectivity index is 2.15. The molecule has 1 aromatic carbocycles. The Morgan fingerprint density at radius 1 is 1.50 bits per heavy atom. The van der Waals surface area contributed by atoms with Crippen LogP contribution in [0.4, 0.5) is 0 Å². The summed E-state index contributed by atoms with van der Waals surface area (Å²) < 4.78 is 9.10. The van der Waals surface area contributed by atoms with Crippen molar-refractivity contribution in [2.45, 2.75) is 10.7 Å². The Kier molecular flexibility index (Phi) is 4.53. The van der Waals surface area contributed by atoms with Gasteiger partial charge in [-0.15, -0.1) is 0 Å². The van der Waals surface area contributed by atoms with Crippen molar-refractivity contribution in [3.63, 3.8) is 0 Å². The van der Waals surface area contributed by atoms with E-state index in [2.05, 4.69) is 36.5 Å². The molecule has 20 heavy (non-hydrogen) atoms. The average molecular weight is 370 g/mol. The number of aromatic hydroxyl groups is 1. The van der Waals surface area contributed by atoms with Gasteiger partial charge in [-0.05, 0) is 0 Å². The Morgan fingerprint density at radius 2 is 2.30 bits per heavy atom. The predicted octanol–water partition coefficient (Wildman–Crippen LogP) is 1.49. The van der Waals surface area contributed by atoms with Crippen molar-refractivity contribution >= 4 is 12.2 Å². The number of phenols is 1. The van der Waals surface area contributed by atoms with E-state index in [1.165, 1.54) is 12.3 Å². The summed E-state index contributed by atoms with van der Waals surface area (Å²) in [7, 11) is 0. The monoisotopic (exact) mass is 369 g/mol. The van der Waals surface area contributed by atoms with Crippen LogP contribution in [0, 0.1) is 0 Å². The second-order valence-electron chi connectivity index (χ2n) is 3.83. The maximum absolute atomic E-state index is 11.2. The summed E-state index contributed by atoms with van der Waals surface area (Å²) in [5.41, 5.74) is 0.665. The fourth-order valence-corrected chi connectivity index (χ4v) is 1.90. The fraction of sp³-hybridized carbons (Fsp3) is 0.333. The van der Waals surface area contributed by atoms with Gasteiger partial charge in [-0.25, -0.2) is 0 Å². The number of esters is 1. The zero-order valence-corrected chi connectivity index (χ0v) is 12.0. The number of ether oxygens (including phenoxy) is 2. The van der Waals surface area contributed by atoms with Gasteiger partial charge in [0, 0.05) is 0 Å². The molecule has 1 atom stereocenters. The van der Waals surface area contributed by atoms with Crippen LogP contribution in [0.3, 0.4) is 0 Å². The van der Waals surface area contributed by atoms with E-state index < -0.39 is 9.73 Å². The second-order valence-corrected chi connectivity index (χ2v) is 4.96. The van der Waals surface area contributed by atoms with E-state index in [1.54, 1.807) is 19.1 Å². The molecule has 110 valence electrons. The van der Waals surface area contributed by atoms with E-state index in [1.807, 2.05) is 0 Å². The van der Waals surface area contributed by atoms with Gasteiger partial charge in [-0.1, -0.05) is 0 Å². The van der Waals surface area contributed by atoms with E-state index in [9.17, 15) is 9.90 Å². The Labute approximate surface area is 127 Å². The van der Waals surface area contributed by atoms with E-state index in [4.69, 9.17) is 9.47 Å². The third-order valence-electron chi connectivity index (χ3n) is 2.45. The standard InChI is InChI=1S/C12H12N3O4.Ag/c1-2-18-12(17)7-19-11-5-8(3-4-10(11)16)9-6-13-15-14-9;/h3-6,16H,2,7H2,1H3;. The maximum atomic E-state index is 11.2. The van der Waals surface area contributed by atoms with Crippen LogP contribution in [0.1, 0.15) is 12.5 Å². The van der Waals surface area contributed by atoms with E-state index in [0.29, 0.717) is 5.56 Å². The van der Waals surface area contributed by atoms with Crippen molar-refractivity contribution in [2.24, 2.45) is 15.4 Å². The van der Waals surface area contributed by atoms with E-state index in [0.717, 1.165) is 0 Å². The van der Waals surface area contributed by atoms with Gasteiger partial charge in [0.2, 0.25) is 0 Å². The summed E-state index contributed by atoms with van der Waals surface area (Å²) in [6, 6.07) is 4.65. The van der Waals surface area contributed by atoms with Crippen molar-refractivity contribution in [1.82, 2.24) is 0 Å². The molecule has 1 heterocycles. The van der Waals surface area contributed by atoms with Gasteiger partial charge in [0.05, 0.1) is 0 Å². The summed E-state index contributed by atoms with van der Waals surface area (Å²) in [5, 5.41) is 20.9. The normalized spacial score (nSPS) is 20.1. The van der Waals surface area contributed by atoms with Gasteiger partial charge in [0.1, 0.15) is 0 Å². The third-order valence-corrected chi connectivity index (χ3v) is 3.21. The first kappa shape index (κ1) is 14.7. The number of rotatable bonds is 5. The first-order valence-electron chi connectivity index (χ1n) is 5.78. The number of hydrogen-bond acceptors (Lipinski definition) is 7.